The normalized spacial score (nSPS) is 27.4. The molecule has 2 unspecified atom stereocenters. The van der Waals surface area contributed by atoms with E-state index in [1.807, 2.05) is 6.07 Å². The highest BCUT2D eigenvalue weighted by molar-refractivity contribution is 5.86. The van der Waals surface area contributed by atoms with Crippen LogP contribution in [0.2, 0.25) is 0 Å². The number of likely N-dealkylation sites (tertiary alicyclic amines) is 1. The van der Waals surface area contributed by atoms with Crippen molar-refractivity contribution in [3.63, 3.8) is 0 Å². The van der Waals surface area contributed by atoms with Gasteiger partial charge in [0.15, 0.2) is 0 Å². The van der Waals surface area contributed by atoms with Crippen LogP contribution in [0.4, 0.5) is 0 Å². The first-order chi connectivity index (χ1) is 8.76. The first-order valence-corrected chi connectivity index (χ1v) is 6.36. The number of ether oxygens (including phenoxy) is 1. The third-order valence-electron chi connectivity index (χ3n) is 3.89. The van der Waals surface area contributed by atoms with Crippen LogP contribution in [0.15, 0.2) is 16.5 Å². The van der Waals surface area contributed by atoms with Gasteiger partial charge < -0.3 is 14.5 Å². The van der Waals surface area contributed by atoms with Gasteiger partial charge in [-0.25, -0.2) is 4.79 Å². The van der Waals surface area contributed by atoms with Gasteiger partial charge >= 0.3 is 5.97 Å². The molecule has 18 heavy (non-hydrogen) atoms. The predicted molar refractivity (Wildman–Crippen MR) is 65.2 cm³/mol. The Morgan fingerprint density at radius 3 is 2.83 bits per heavy atom. The van der Waals surface area contributed by atoms with E-state index in [1.165, 1.54) is 7.11 Å². The molecule has 5 nitrogen and oxygen atoms in total. The highest BCUT2D eigenvalue weighted by atomic mass is 16.5. The predicted octanol–water partition coefficient (Wildman–Crippen LogP) is 0.717. The van der Waals surface area contributed by atoms with Crippen LogP contribution in [0.25, 0.3) is 0 Å². The third kappa shape index (κ3) is 2.15. The Labute approximate surface area is 106 Å². The summed E-state index contributed by atoms with van der Waals surface area (Å²) < 4.78 is 10.1. The zero-order chi connectivity index (χ0) is 12.5. The summed E-state index contributed by atoms with van der Waals surface area (Å²) >= 11 is 0. The van der Waals surface area contributed by atoms with E-state index in [4.69, 9.17) is 4.42 Å². The van der Waals surface area contributed by atoms with Crippen LogP contribution < -0.4 is 5.32 Å². The number of rotatable bonds is 3. The van der Waals surface area contributed by atoms with Crippen molar-refractivity contribution in [3.8, 4) is 0 Å². The highest BCUT2D eigenvalue weighted by Gasteiger charge is 2.36. The van der Waals surface area contributed by atoms with E-state index in [2.05, 4.69) is 15.0 Å². The SMILES string of the molecule is COC(=O)c1ccc(CN2CC3CNCC3C2)o1. The zero-order valence-electron chi connectivity index (χ0n) is 10.5. The van der Waals surface area contributed by atoms with Gasteiger partial charge in [0.1, 0.15) is 5.76 Å². The van der Waals surface area contributed by atoms with Gasteiger partial charge in [-0.2, -0.15) is 0 Å². The van der Waals surface area contributed by atoms with Crippen molar-refractivity contribution in [2.75, 3.05) is 33.3 Å². The van der Waals surface area contributed by atoms with E-state index in [0.717, 1.165) is 50.3 Å². The van der Waals surface area contributed by atoms with Gasteiger partial charge in [-0.3, -0.25) is 4.90 Å². The Hall–Kier alpha value is -1.33. The number of nitrogens with zero attached hydrogens (tertiary/aromatic N) is 1. The molecule has 0 spiro atoms. The van der Waals surface area contributed by atoms with E-state index in [0.29, 0.717) is 0 Å². The summed E-state index contributed by atoms with van der Waals surface area (Å²) in [6.07, 6.45) is 0. The second-order valence-electron chi connectivity index (χ2n) is 5.13. The minimum Gasteiger partial charge on any atom is -0.463 e. The van der Waals surface area contributed by atoms with Gasteiger partial charge in [-0.1, -0.05) is 0 Å². The van der Waals surface area contributed by atoms with Gasteiger partial charge in [-0.15, -0.1) is 0 Å². The molecule has 2 fully saturated rings. The molecule has 2 aliphatic rings. The van der Waals surface area contributed by atoms with Crippen LogP contribution in [0.3, 0.4) is 0 Å². The minimum absolute atomic E-state index is 0.286. The van der Waals surface area contributed by atoms with E-state index < -0.39 is 5.97 Å². The zero-order valence-corrected chi connectivity index (χ0v) is 10.5. The summed E-state index contributed by atoms with van der Waals surface area (Å²) in [5.41, 5.74) is 0. The summed E-state index contributed by atoms with van der Waals surface area (Å²) in [4.78, 5) is 13.7. The Kier molecular flexibility index (Phi) is 3.09. The lowest BCUT2D eigenvalue weighted by Crippen LogP contribution is -2.25. The lowest BCUT2D eigenvalue weighted by Gasteiger charge is -2.14. The van der Waals surface area contributed by atoms with Gasteiger partial charge in [0, 0.05) is 13.1 Å². The number of hydrogen-bond donors (Lipinski definition) is 1. The van der Waals surface area contributed by atoms with E-state index in [9.17, 15) is 4.79 Å². The number of carbonyl (C=O) groups excluding carboxylic acids is 1. The van der Waals surface area contributed by atoms with Crippen LogP contribution in [-0.4, -0.2) is 44.2 Å². The minimum atomic E-state index is -0.413. The summed E-state index contributed by atoms with van der Waals surface area (Å²) in [6.45, 7) is 5.28. The maximum atomic E-state index is 11.3. The molecule has 3 rings (SSSR count). The monoisotopic (exact) mass is 250 g/mol. The largest absolute Gasteiger partial charge is 0.463 e. The number of nitrogens with one attached hydrogen (secondary N) is 1. The van der Waals surface area contributed by atoms with Crippen molar-refractivity contribution in [1.82, 2.24) is 10.2 Å². The van der Waals surface area contributed by atoms with Gasteiger partial charge in [0.05, 0.1) is 13.7 Å². The summed E-state index contributed by atoms with van der Waals surface area (Å²) in [5, 5.41) is 3.42. The van der Waals surface area contributed by atoms with Crippen LogP contribution in [-0.2, 0) is 11.3 Å². The number of furan rings is 1. The van der Waals surface area contributed by atoms with Gasteiger partial charge in [-0.05, 0) is 37.1 Å². The first-order valence-electron chi connectivity index (χ1n) is 6.36. The molecule has 98 valence electrons. The lowest BCUT2D eigenvalue weighted by atomic mass is 10.0. The fourth-order valence-electron chi connectivity index (χ4n) is 2.98. The topological polar surface area (TPSA) is 54.7 Å². The van der Waals surface area contributed by atoms with Gasteiger partial charge in [0.25, 0.3) is 0 Å². The summed E-state index contributed by atoms with van der Waals surface area (Å²) in [5.74, 6) is 2.26. The third-order valence-corrected chi connectivity index (χ3v) is 3.89. The molecule has 5 heteroatoms. The van der Waals surface area contributed by atoms with Crippen LogP contribution >= 0.6 is 0 Å². The Bertz CT molecular complexity index is 431. The molecule has 3 heterocycles. The molecule has 2 atom stereocenters. The van der Waals surface area contributed by atoms with Crippen LogP contribution in [0.5, 0.6) is 0 Å². The molecule has 0 aliphatic carbocycles. The first kappa shape index (κ1) is 11.7. The van der Waals surface area contributed by atoms with E-state index in [-0.39, 0.29) is 5.76 Å². The van der Waals surface area contributed by atoms with Crippen molar-refractivity contribution < 1.29 is 13.9 Å². The molecule has 0 aromatic carbocycles. The molecule has 2 aliphatic heterocycles. The van der Waals surface area contributed by atoms with Crippen LogP contribution in [0.1, 0.15) is 16.3 Å². The van der Waals surface area contributed by atoms with E-state index in [1.54, 1.807) is 6.07 Å². The number of carbonyl (C=O) groups is 1. The quantitative estimate of drug-likeness (QED) is 0.801. The Morgan fingerprint density at radius 2 is 2.17 bits per heavy atom. The smallest absolute Gasteiger partial charge is 0.373 e. The van der Waals surface area contributed by atoms with Crippen molar-refractivity contribution in [1.29, 1.82) is 0 Å². The number of esters is 1. The maximum Gasteiger partial charge on any atom is 0.373 e. The Balaban J connectivity index is 1.60. The Morgan fingerprint density at radius 1 is 1.44 bits per heavy atom. The van der Waals surface area contributed by atoms with E-state index >= 15 is 0 Å². The van der Waals surface area contributed by atoms with Crippen LogP contribution in [0, 0.1) is 11.8 Å². The number of hydrogen-bond acceptors (Lipinski definition) is 5. The number of methoxy groups -OCH3 is 1. The average molecular weight is 250 g/mol. The highest BCUT2D eigenvalue weighted by Crippen LogP contribution is 2.27. The fourth-order valence-corrected chi connectivity index (χ4v) is 2.98. The maximum absolute atomic E-state index is 11.3. The lowest BCUT2D eigenvalue weighted by molar-refractivity contribution is 0.0561. The molecular weight excluding hydrogens is 232 g/mol. The van der Waals surface area contributed by atoms with Crippen molar-refractivity contribution in [2.24, 2.45) is 11.8 Å². The number of fused-ring (bicyclic) bond motifs is 1. The standard InChI is InChI=1S/C13H18N2O3/c1-17-13(16)12-3-2-11(18-12)8-15-6-9-4-14-5-10(9)7-15/h2-3,9-10,14H,4-8H2,1H3. The molecule has 1 N–H and O–H groups in total. The molecule has 2 saturated heterocycles. The van der Waals surface area contributed by atoms with Crippen molar-refractivity contribution in [3.05, 3.63) is 23.7 Å². The van der Waals surface area contributed by atoms with Gasteiger partial charge in [0.2, 0.25) is 5.76 Å². The molecule has 0 bridgehead atoms. The summed E-state index contributed by atoms with van der Waals surface area (Å²) in [7, 11) is 1.36. The molecule has 1 aromatic rings. The van der Waals surface area contributed by atoms with Crippen molar-refractivity contribution >= 4 is 5.97 Å². The second-order valence-corrected chi connectivity index (χ2v) is 5.13. The second kappa shape index (κ2) is 4.74. The summed E-state index contributed by atoms with van der Waals surface area (Å²) in [6, 6.07) is 3.54. The molecule has 0 amide bonds. The molecule has 1 aromatic heterocycles. The molecular formula is C13H18N2O3. The average Bonchev–Trinajstić information content (AvgIpc) is 3.03. The fraction of sp³-hybridized carbons (Fsp3) is 0.615. The van der Waals surface area contributed by atoms with Crippen molar-refractivity contribution in [2.45, 2.75) is 6.54 Å². The molecule has 0 saturated carbocycles. The molecule has 0 radical (unpaired) electrons.